The molecule has 5 aromatic rings. The van der Waals surface area contributed by atoms with Gasteiger partial charge in [-0.15, -0.1) is 0 Å². The minimum absolute atomic E-state index is 0.0313. The van der Waals surface area contributed by atoms with Gasteiger partial charge in [-0.25, -0.2) is 0 Å². The first-order chi connectivity index (χ1) is 24.8. The normalized spacial score (nSPS) is 11.3. The number of carbonyl (C=O) groups is 2. The van der Waals surface area contributed by atoms with Crippen LogP contribution >= 0.6 is 23.2 Å². The first kappa shape index (κ1) is 39.9. The van der Waals surface area contributed by atoms with Crippen LogP contribution < -0.4 is 20.1 Å². The number of hydrogen-bond acceptors (Lipinski definition) is 6. The molecule has 0 saturated heterocycles. The van der Waals surface area contributed by atoms with Crippen LogP contribution in [0.15, 0.2) is 78.9 Å². The molecular weight excluding hydrogens is 699 g/mol. The Labute approximate surface area is 315 Å². The number of phenolic OH excluding ortho intramolecular Hbond substituents is 2. The summed E-state index contributed by atoms with van der Waals surface area (Å²) in [6.07, 6.45) is 1.47. The molecule has 0 radical (unpaired) electrons. The van der Waals surface area contributed by atoms with Crippen molar-refractivity contribution in [2.24, 2.45) is 0 Å². The molecule has 0 spiro atoms. The number of phenols is 2. The van der Waals surface area contributed by atoms with Crippen LogP contribution in [0.25, 0.3) is 10.8 Å². The van der Waals surface area contributed by atoms with Crippen molar-refractivity contribution in [3.05, 3.63) is 122 Å². The minimum Gasteiger partial charge on any atom is -0.506 e. The summed E-state index contributed by atoms with van der Waals surface area (Å²) in [5, 5.41) is 28.2. The summed E-state index contributed by atoms with van der Waals surface area (Å²) in [6, 6.07) is 24.3. The summed E-state index contributed by atoms with van der Waals surface area (Å²) in [5.41, 5.74) is 5.52. The molecule has 0 heterocycles. The number of carbonyl (C=O) groups excluding carboxylic acids is 2. The summed E-state index contributed by atoms with van der Waals surface area (Å²) >= 11 is 12.3. The summed E-state index contributed by atoms with van der Waals surface area (Å²) in [7, 11) is 0. The molecule has 0 saturated carbocycles. The number of hydrogen-bond donors (Lipinski definition) is 4. The molecule has 10 heteroatoms. The second kappa shape index (κ2) is 18.5. The Bertz CT molecular complexity index is 2050. The van der Waals surface area contributed by atoms with E-state index in [1.807, 2.05) is 88.4 Å². The van der Waals surface area contributed by atoms with Crippen molar-refractivity contribution in [1.82, 2.24) is 5.32 Å². The Hall–Kier alpha value is -4.92. The van der Waals surface area contributed by atoms with E-state index in [2.05, 4.69) is 23.6 Å². The molecule has 2 amide bonds. The monoisotopic (exact) mass is 744 g/mol. The van der Waals surface area contributed by atoms with E-state index in [0.29, 0.717) is 46.9 Å². The predicted molar refractivity (Wildman–Crippen MR) is 211 cm³/mol. The summed E-state index contributed by atoms with van der Waals surface area (Å²) in [6.45, 7) is 12.7. The molecule has 1 atom stereocenters. The topological polar surface area (TPSA) is 117 Å². The molecule has 0 aliphatic rings. The third kappa shape index (κ3) is 10.3. The van der Waals surface area contributed by atoms with Crippen LogP contribution in [0.5, 0.6) is 23.0 Å². The molecule has 8 nitrogen and oxygen atoms in total. The number of anilines is 1. The number of aryl methyl sites for hydroxylation is 4. The standard InChI is InChI=1S/C23H25NO3.C19H21Cl2NO3/c1-16-9-12-21(17(2)15-16)27-14-6-5-13-24-23(26)20-11-10-18-7-3-4-8-19(18)22(20)25;1-5-13-14(20)9-15(18(23)17(13)21)22-19(24)12(4)25-16-7-6-10(2)8-11(16)3/h3-4,7-12,15,25H,5-6,13-14H2,1-2H3,(H,24,26);6-9,12,23H,5H2,1-4H3,(H,22,24). The predicted octanol–water partition coefficient (Wildman–Crippen LogP) is 10.0. The highest BCUT2D eigenvalue weighted by Gasteiger charge is 2.21. The highest BCUT2D eigenvalue weighted by atomic mass is 35.5. The van der Waals surface area contributed by atoms with E-state index in [0.717, 1.165) is 40.7 Å². The summed E-state index contributed by atoms with van der Waals surface area (Å²) in [4.78, 5) is 24.7. The van der Waals surface area contributed by atoms with Crippen molar-refractivity contribution in [3.63, 3.8) is 0 Å². The number of amides is 2. The van der Waals surface area contributed by atoms with Gasteiger partial charge in [0, 0.05) is 17.0 Å². The molecule has 5 rings (SSSR count). The Balaban J connectivity index is 0.000000234. The number of nitrogens with one attached hydrogen (secondary N) is 2. The Morgan fingerprint density at radius 1 is 0.808 bits per heavy atom. The van der Waals surface area contributed by atoms with Gasteiger partial charge in [-0.3, -0.25) is 9.59 Å². The van der Waals surface area contributed by atoms with Crippen molar-refractivity contribution in [3.8, 4) is 23.0 Å². The lowest BCUT2D eigenvalue weighted by atomic mass is 10.0. The van der Waals surface area contributed by atoms with Crippen LogP contribution in [0.3, 0.4) is 0 Å². The number of halogens is 2. The lowest BCUT2D eigenvalue weighted by molar-refractivity contribution is -0.122. The third-order valence-corrected chi connectivity index (χ3v) is 9.24. The van der Waals surface area contributed by atoms with E-state index in [1.54, 1.807) is 13.0 Å². The van der Waals surface area contributed by atoms with Gasteiger partial charge in [0.1, 0.15) is 17.2 Å². The van der Waals surface area contributed by atoms with Gasteiger partial charge >= 0.3 is 0 Å². The summed E-state index contributed by atoms with van der Waals surface area (Å²) < 4.78 is 11.5. The molecule has 1 unspecified atom stereocenters. The maximum Gasteiger partial charge on any atom is 0.265 e. The van der Waals surface area contributed by atoms with Crippen LogP contribution in [0.2, 0.25) is 10.0 Å². The fourth-order valence-electron chi connectivity index (χ4n) is 5.58. The van der Waals surface area contributed by atoms with Crippen molar-refractivity contribution in [1.29, 1.82) is 0 Å². The number of aromatic hydroxyl groups is 2. The SMILES string of the molecule is CCc1c(Cl)cc(NC(=O)C(C)Oc2ccc(C)cc2C)c(O)c1Cl.Cc1ccc(OCCCCNC(=O)c2ccc3ccccc3c2O)c(C)c1. The van der Waals surface area contributed by atoms with E-state index >= 15 is 0 Å². The van der Waals surface area contributed by atoms with Gasteiger partial charge < -0.3 is 30.3 Å². The zero-order valence-corrected chi connectivity index (χ0v) is 31.9. The van der Waals surface area contributed by atoms with Gasteiger partial charge in [0.05, 0.1) is 22.9 Å². The Kier molecular flexibility index (Phi) is 14.2. The van der Waals surface area contributed by atoms with Crippen LogP contribution in [0.1, 0.15) is 64.9 Å². The van der Waals surface area contributed by atoms with Crippen LogP contribution in [-0.2, 0) is 11.2 Å². The average Bonchev–Trinajstić information content (AvgIpc) is 3.11. The number of unbranched alkanes of at least 4 members (excludes halogenated alkanes) is 1. The van der Waals surface area contributed by atoms with Gasteiger partial charge in [-0.05, 0) is 100 Å². The Morgan fingerprint density at radius 2 is 1.46 bits per heavy atom. The number of rotatable bonds is 12. The van der Waals surface area contributed by atoms with Gasteiger partial charge in [0.2, 0.25) is 0 Å². The lowest BCUT2D eigenvalue weighted by Crippen LogP contribution is -2.30. The lowest BCUT2D eigenvalue weighted by Gasteiger charge is -2.18. The van der Waals surface area contributed by atoms with E-state index < -0.39 is 12.0 Å². The fourth-order valence-corrected chi connectivity index (χ4v) is 6.31. The van der Waals surface area contributed by atoms with Crippen molar-refractivity contribution in [2.75, 3.05) is 18.5 Å². The van der Waals surface area contributed by atoms with Crippen molar-refractivity contribution >= 4 is 51.5 Å². The van der Waals surface area contributed by atoms with Crippen LogP contribution in [0, 0.1) is 27.7 Å². The van der Waals surface area contributed by atoms with Crippen molar-refractivity contribution in [2.45, 2.75) is 66.9 Å². The molecule has 0 aliphatic carbocycles. The maximum absolute atomic E-state index is 12.4. The molecule has 0 fully saturated rings. The quantitative estimate of drug-likeness (QED) is 0.0746. The molecule has 0 aliphatic heterocycles. The first-order valence-corrected chi connectivity index (χ1v) is 18.0. The highest BCUT2D eigenvalue weighted by Crippen LogP contribution is 2.39. The fraction of sp³-hybridized carbons (Fsp3) is 0.286. The second-order valence-corrected chi connectivity index (χ2v) is 13.5. The van der Waals surface area contributed by atoms with Gasteiger partial charge in [0.25, 0.3) is 11.8 Å². The molecule has 0 bridgehead atoms. The largest absolute Gasteiger partial charge is 0.506 e. The molecule has 4 N–H and O–H groups in total. The van der Waals surface area contributed by atoms with E-state index in [1.165, 1.54) is 11.6 Å². The first-order valence-electron chi connectivity index (χ1n) is 17.2. The Morgan fingerprint density at radius 3 is 2.12 bits per heavy atom. The van der Waals surface area contributed by atoms with E-state index in [9.17, 15) is 19.8 Å². The zero-order valence-electron chi connectivity index (χ0n) is 30.4. The van der Waals surface area contributed by atoms with Gasteiger partial charge in [0.15, 0.2) is 11.9 Å². The number of fused-ring (bicyclic) bond motifs is 1. The van der Waals surface area contributed by atoms with Gasteiger partial charge in [-0.1, -0.05) is 95.8 Å². The number of ether oxygens (including phenoxy) is 2. The summed E-state index contributed by atoms with van der Waals surface area (Å²) in [5.74, 6) is 0.708. The smallest absolute Gasteiger partial charge is 0.265 e. The maximum atomic E-state index is 12.4. The van der Waals surface area contributed by atoms with Gasteiger partial charge in [-0.2, -0.15) is 0 Å². The minimum atomic E-state index is -0.760. The second-order valence-electron chi connectivity index (χ2n) is 12.7. The number of benzene rings is 5. The average molecular weight is 746 g/mol. The zero-order chi connectivity index (χ0) is 37.9. The van der Waals surface area contributed by atoms with Crippen molar-refractivity contribution < 1.29 is 29.3 Å². The van der Waals surface area contributed by atoms with Crippen LogP contribution in [-0.4, -0.2) is 41.3 Å². The molecule has 274 valence electrons. The molecular formula is C42H46Cl2N2O6. The highest BCUT2D eigenvalue weighted by molar-refractivity contribution is 6.37. The third-order valence-electron chi connectivity index (χ3n) is 8.49. The molecule has 0 aromatic heterocycles. The van der Waals surface area contributed by atoms with E-state index in [-0.39, 0.29) is 28.1 Å². The van der Waals surface area contributed by atoms with Crippen LogP contribution in [0.4, 0.5) is 5.69 Å². The molecule has 5 aromatic carbocycles. The van der Waals surface area contributed by atoms with E-state index in [4.69, 9.17) is 32.7 Å². The molecule has 52 heavy (non-hydrogen) atoms.